The molecule has 0 radical (unpaired) electrons. The van der Waals surface area contributed by atoms with Crippen molar-refractivity contribution < 1.29 is 4.74 Å². The maximum Gasteiger partial charge on any atom is 0.124 e. The third-order valence-electron chi connectivity index (χ3n) is 6.44. The lowest BCUT2D eigenvalue weighted by Gasteiger charge is -2.25. The van der Waals surface area contributed by atoms with Crippen LogP contribution in [0.2, 0.25) is 10.0 Å². The number of benzene rings is 3. The van der Waals surface area contributed by atoms with E-state index in [0.29, 0.717) is 36.3 Å². The molecule has 4 nitrogen and oxygen atoms in total. The van der Waals surface area contributed by atoms with Crippen LogP contribution in [0.15, 0.2) is 54.6 Å². The van der Waals surface area contributed by atoms with Gasteiger partial charge < -0.3 is 9.30 Å². The number of halogens is 2. The summed E-state index contributed by atoms with van der Waals surface area (Å²) in [4.78, 5) is 7.34. The molecule has 1 aromatic heterocycles. The standard InChI is InChI=1S/C29H33Cl2N3O/c1-5-15-34-21(4)20(3)32-29(34)19-33(17-23-11-13-24(30)16-27(23)31)18-26-25-10-8-7-9-22(25)12-14-28(26)35-6-2/h7-14,16H,5-6,15,17-19H2,1-4H3. The fourth-order valence-corrected chi connectivity index (χ4v) is 5.08. The molecule has 6 heteroatoms. The zero-order valence-electron chi connectivity index (χ0n) is 20.9. The molecule has 35 heavy (non-hydrogen) atoms. The number of nitrogens with zero attached hydrogens (tertiary/aromatic N) is 3. The fraction of sp³-hybridized carbons (Fsp3) is 0.345. The summed E-state index contributed by atoms with van der Waals surface area (Å²) >= 11 is 12.8. The van der Waals surface area contributed by atoms with Crippen molar-refractivity contribution in [2.24, 2.45) is 0 Å². The van der Waals surface area contributed by atoms with Crippen LogP contribution in [0.4, 0.5) is 0 Å². The number of imidazole rings is 1. The molecule has 0 fully saturated rings. The van der Waals surface area contributed by atoms with E-state index in [9.17, 15) is 0 Å². The molecule has 0 bridgehead atoms. The van der Waals surface area contributed by atoms with Gasteiger partial charge in [-0.05, 0) is 61.7 Å². The molecule has 0 atom stereocenters. The predicted molar refractivity (Wildman–Crippen MR) is 147 cm³/mol. The van der Waals surface area contributed by atoms with Crippen molar-refractivity contribution in [2.75, 3.05) is 6.61 Å². The summed E-state index contributed by atoms with van der Waals surface area (Å²) in [6, 6.07) is 18.4. The molecule has 0 aliphatic carbocycles. The Labute approximate surface area is 218 Å². The zero-order chi connectivity index (χ0) is 24.9. The molecule has 3 aromatic carbocycles. The maximum absolute atomic E-state index is 6.61. The van der Waals surface area contributed by atoms with E-state index in [0.717, 1.165) is 35.8 Å². The van der Waals surface area contributed by atoms with Gasteiger partial charge in [-0.15, -0.1) is 0 Å². The van der Waals surface area contributed by atoms with Gasteiger partial charge in [-0.1, -0.05) is 66.5 Å². The van der Waals surface area contributed by atoms with Crippen LogP contribution in [-0.4, -0.2) is 21.1 Å². The van der Waals surface area contributed by atoms with Gasteiger partial charge in [0, 0.05) is 40.9 Å². The summed E-state index contributed by atoms with van der Waals surface area (Å²) in [5.74, 6) is 1.99. The van der Waals surface area contributed by atoms with E-state index in [1.54, 1.807) is 0 Å². The van der Waals surface area contributed by atoms with E-state index in [2.05, 4.69) is 66.6 Å². The minimum atomic E-state index is 0.619. The van der Waals surface area contributed by atoms with Gasteiger partial charge in [-0.25, -0.2) is 4.98 Å². The summed E-state index contributed by atoms with van der Waals surface area (Å²) < 4.78 is 8.43. The van der Waals surface area contributed by atoms with Crippen LogP contribution in [0.25, 0.3) is 10.8 Å². The number of hydrogen-bond acceptors (Lipinski definition) is 3. The Morgan fingerprint density at radius 2 is 1.74 bits per heavy atom. The highest BCUT2D eigenvalue weighted by Crippen LogP contribution is 2.31. The molecule has 0 aliphatic heterocycles. The first kappa shape index (κ1) is 25.6. The Kier molecular flexibility index (Phi) is 8.38. The van der Waals surface area contributed by atoms with Gasteiger partial charge in [0.25, 0.3) is 0 Å². The molecule has 0 N–H and O–H groups in total. The third kappa shape index (κ3) is 5.83. The number of rotatable bonds is 10. The molecule has 0 unspecified atom stereocenters. The summed E-state index contributed by atoms with van der Waals surface area (Å²) in [7, 11) is 0. The molecule has 4 aromatic rings. The lowest BCUT2D eigenvalue weighted by Crippen LogP contribution is -2.25. The summed E-state index contributed by atoms with van der Waals surface area (Å²) in [6.07, 6.45) is 1.06. The summed E-state index contributed by atoms with van der Waals surface area (Å²) in [5, 5.41) is 3.72. The monoisotopic (exact) mass is 509 g/mol. The highest BCUT2D eigenvalue weighted by atomic mass is 35.5. The molecule has 0 spiro atoms. The highest BCUT2D eigenvalue weighted by Gasteiger charge is 2.19. The van der Waals surface area contributed by atoms with Crippen molar-refractivity contribution in [3.63, 3.8) is 0 Å². The second kappa shape index (κ2) is 11.5. The third-order valence-corrected chi connectivity index (χ3v) is 7.02. The number of hydrogen-bond donors (Lipinski definition) is 0. The first-order valence-electron chi connectivity index (χ1n) is 12.2. The van der Waals surface area contributed by atoms with Crippen molar-refractivity contribution in [1.29, 1.82) is 0 Å². The number of aromatic nitrogens is 2. The van der Waals surface area contributed by atoms with Crippen LogP contribution in [0.3, 0.4) is 0 Å². The first-order valence-corrected chi connectivity index (χ1v) is 13.0. The van der Waals surface area contributed by atoms with Crippen molar-refractivity contribution in [3.05, 3.63) is 93.0 Å². The van der Waals surface area contributed by atoms with Crippen molar-refractivity contribution >= 4 is 34.0 Å². The predicted octanol–water partition coefficient (Wildman–Crippen LogP) is 7.97. The molecular formula is C29H33Cl2N3O. The number of aryl methyl sites for hydroxylation is 1. The smallest absolute Gasteiger partial charge is 0.124 e. The molecule has 0 aliphatic rings. The Morgan fingerprint density at radius 1 is 0.943 bits per heavy atom. The van der Waals surface area contributed by atoms with Gasteiger partial charge in [-0.3, -0.25) is 4.90 Å². The first-order chi connectivity index (χ1) is 16.9. The Bertz CT molecular complexity index is 1320. The van der Waals surface area contributed by atoms with E-state index < -0.39 is 0 Å². The minimum Gasteiger partial charge on any atom is -0.494 e. The van der Waals surface area contributed by atoms with E-state index >= 15 is 0 Å². The second-order valence-electron chi connectivity index (χ2n) is 8.93. The average molecular weight is 511 g/mol. The molecule has 0 saturated carbocycles. The van der Waals surface area contributed by atoms with Gasteiger partial charge in [0.15, 0.2) is 0 Å². The van der Waals surface area contributed by atoms with Gasteiger partial charge in [0.1, 0.15) is 11.6 Å². The fourth-order valence-electron chi connectivity index (χ4n) is 4.62. The van der Waals surface area contributed by atoms with Gasteiger partial charge in [-0.2, -0.15) is 0 Å². The zero-order valence-corrected chi connectivity index (χ0v) is 22.5. The highest BCUT2D eigenvalue weighted by molar-refractivity contribution is 6.35. The molecule has 184 valence electrons. The SMILES string of the molecule is CCCn1c(CN(Cc2ccc(Cl)cc2Cl)Cc2c(OCC)ccc3ccccc23)nc(C)c1C. The van der Waals surface area contributed by atoms with Crippen LogP contribution in [0, 0.1) is 13.8 Å². The van der Waals surface area contributed by atoms with Crippen LogP contribution >= 0.6 is 23.2 Å². The number of ether oxygens (including phenoxy) is 1. The van der Waals surface area contributed by atoms with Crippen molar-refractivity contribution in [1.82, 2.24) is 14.5 Å². The van der Waals surface area contributed by atoms with E-state index in [4.69, 9.17) is 32.9 Å². The molecule has 0 saturated heterocycles. The second-order valence-corrected chi connectivity index (χ2v) is 9.77. The maximum atomic E-state index is 6.61. The Balaban J connectivity index is 1.77. The quantitative estimate of drug-likeness (QED) is 0.217. The lowest BCUT2D eigenvalue weighted by atomic mass is 10.0. The van der Waals surface area contributed by atoms with Gasteiger partial charge in [0.05, 0.1) is 18.8 Å². The Hall–Kier alpha value is -2.53. The van der Waals surface area contributed by atoms with E-state index in [1.165, 1.54) is 22.0 Å². The van der Waals surface area contributed by atoms with Crippen molar-refractivity contribution in [2.45, 2.75) is 60.3 Å². The number of fused-ring (bicyclic) bond motifs is 1. The normalized spacial score (nSPS) is 11.5. The lowest BCUT2D eigenvalue weighted by molar-refractivity contribution is 0.232. The summed E-state index contributed by atoms with van der Waals surface area (Å²) in [6.45, 7) is 12.1. The molecular weight excluding hydrogens is 477 g/mol. The van der Waals surface area contributed by atoms with E-state index in [-0.39, 0.29) is 0 Å². The summed E-state index contributed by atoms with van der Waals surface area (Å²) in [5.41, 5.74) is 4.53. The molecule has 4 rings (SSSR count). The minimum absolute atomic E-state index is 0.619. The van der Waals surface area contributed by atoms with E-state index in [1.807, 2.05) is 25.1 Å². The van der Waals surface area contributed by atoms with Crippen LogP contribution in [0.1, 0.15) is 48.6 Å². The Morgan fingerprint density at radius 3 is 2.49 bits per heavy atom. The van der Waals surface area contributed by atoms with Gasteiger partial charge >= 0.3 is 0 Å². The average Bonchev–Trinajstić information content (AvgIpc) is 3.10. The van der Waals surface area contributed by atoms with Crippen molar-refractivity contribution in [3.8, 4) is 5.75 Å². The van der Waals surface area contributed by atoms with Crippen LogP contribution < -0.4 is 4.74 Å². The largest absolute Gasteiger partial charge is 0.494 e. The van der Waals surface area contributed by atoms with Crippen LogP contribution in [0.5, 0.6) is 5.75 Å². The van der Waals surface area contributed by atoms with Crippen LogP contribution in [-0.2, 0) is 26.2 Å². The topological polar surface area (TPSA) is 30.3 Å². The molecule has 0 amide bonds. The molecule has 1 heterocycles. The van der Waals surface area contributed by atoms with Gasteiger partial charge in [0.2, 0.25) is 0 Å².